The molecule has 1 aliphatic heterocycles. The number of carboxylic acid groups (broad SMARTS) is 1. The van der Waals surface area contributed by atoms with Crippen LogP contribution in [0, 0.1) is 0 Å². The molecular weight excluding hydrogens is 277 g/mol. The van der Waals surface area contributed by atoms with Crippen LogP contribution >= 0.6 is 0 Å². The zero-order valence-electron chi connectivity index (χ0n) is 10.7. The van der Waals surface area contributed by atoms with Crippen molar-refractivity contribution in [2.24, 2.45) is 0 Å². The second kappa shape index (κ2) is 5.84. The van der Waals surface area contributed by atoms with Crippen molar-refractivity contribution in [2.45, 2.75) is 12.7 Å². The first-order valence-corrected chi connectivity index (χ1v) is 6.18. The SMILES string of the molecule is O=C(O)c1cn(CCN2CCOCC2)cc1C(F)(F)F. The Labute approximate surface area is 113 Å². The summed E-state index contributed by atoms with van der Waals surface area (Å²) in [6.45, 7) is 3.57. The predicted molar refractivity (Wildman–Crippen MR) is 63.7 cm³/mol. The summed E-state index contributed by atoms with van der Waals surface area (Å²) >= 11 is 0. The predicted octanol–water partition coefficient (Wildman–Crippen LogP) is 1.54. The number of hydrogen-bond donors (Lipinski definition) is 1. The Morgan fingerprint density at radius 3 is 2.40 bits per heavy atom. The summed E-state index contributed by atoms with van der Waals surface area (Å²) < 4.78 is 44.6. The minimum absolute atomic E-state index is 0.316. The molecule has 0 radical (unpaired) electrons. The number of aromatic carboxylic acids is 1. The largest absolute Gasteiger partial charge is 0.478 e. The van der Waals surface area contributed by atoms with Gasteiger partial charge in [0.25, 0.3) is 0 Å². The van der Waals surface area contributed by atoms with Crippen LogP contribution in [0.3, 0.4) is 0 Å². The van der Waals surface area contributed by atoms with Gasteiger partial charge < -0.3 is 14.4 Å². The fraction of sp³-hybridized carbons (Fsp3) is 0.583. The molecular formula is C12H15F3N2O3. The molecule has 8 heteroatoms. The van der Waals surface area contributed by atoms with Crippen molar-refractivity contribution in [1.29, 1.82) is 0 Å². The summed E-state index contributed by atoms with van der Waals surface area (Å²) in [6.07, 6.45) is -2.77. The van der Waals surface area contributed by atoms with Gasteiger partial charge in [-0.05, 0) is 0 Å². The third-order valence-corrected chi connectivity index (χ3v) is 3.19. The standard InChI is InChI=1S/C12H15F3N2O3/c13-12(14,15)10-8-17(7-9(10)11(18)19)2-1-16-3-5-20-6-4-16/h7-8H,1-6H2,(H,18,19). The number of morpholine rings is 1. The Bertz CT molecular complexity index is 479. The number of aromatic nitrogens is 1. The molecule has 0 atom stereocenters. The summed E-state index contributed by atoms with van der Waals surface area (Å²) in [5.74, 6) is -1.57. The monoisotopic (exact) mass is 292 g/mol. The van der Waals surface area contributed by atoms with E-state index in [0.29, 0.717) is 26.3 Å². The van der Waals surface area contributed by atoms with Crippen LogP contribution in [0.25, 0.3) is 0 Å². The van der Waals surface area contributed by atoms with Gasteiger partial charge >= 0.3 is 12.1 Å². The zero-order chi connectivity index (χ0) is 14.8. The lowest BCUT2D eigenvalue weighted by molar-refractivity contribution is -0.138. The maximum absolute atomic E-state index is 12.7. The molecule has 1 N–H and O–H groups in total. The molecule has 112 valence electrons. The van der Waals surface area contributed by atoms with E-state index in [4.69, 9.17) is 9.84 Å². The first kappa shape index (κ1) is 14.9. The number of ether oxygens (including phenoxy) is 1. The van der Waals surface area contributed by atoms with Crippen molar-refractivity contribution in [1.82, 2.24) is 9.47 Å². The van der Waals surface area contributed by atoms with Crippen molar-refractivity contribution in [3.05, 3.63) is 23.5 Å². The van der Waals surface area contributed by atoms with Crippen LogP contribution in [-0.2, 0) is 17.5 Å². The molecule has 1 saturated heterocycles. The molecule has 1 aromatic heterocycles. The van der Waals surface area contributed by atoms with E-state index in [1.165, 1.54) is 4.57 Å². The minimum atomic E-state index is -4.65. The first-order chi connectivity index (χ1) is 9.38. The van der Waals surface area contributed by atoms with Gasteiger partial charge in [-0.15, -0.1) is 0 Å². The zero-order valence-corrected chi connectivity index (χ0v) is 10.7. The molecule has 0 aromatic carbocycles. The second-order valence-corrected chi connectivity index (χ2v) is 4.58. The average molecular weight is 292 g/mol. The van der Waals surface area contributed by atoms with E-state index in [9.17, 15) is 18.0 Å². The van der Waals surface area contributed by atoms with Crippen molar-refractivity contribution < 1.29 is 27.8 Å². The van der Waals surface area contributed by atoms with Gasteiger partial charge in [0.1, 0.15) is 0 Å². The van der Waals surface area contributed by atoms with Gasteiger partial charge in [0, 0.05) is 38.6 Å². The van der Waals surface area contributed by atoms with Crippen LogP contribution < -0.4 is 0 Å². The van der Waals surface area contributed by atoms with E-state index in [1.807, 2.05) is 0 Å². The minimum Gasteiger partial charge on any atom is -0.478 e. The molecule has 0 spiro atoms. The molecule has 5 nitrogen and oxygen atoms in total. The molecule has 0 bridgehead atoms. The number of alkyl halides is 3. The first-order valence-electron chi connectivity index (χ1n) is 6.18. The summed E-state index contributed by atoms with van der Waals surface area (Å²) in [7, 11) is 0. The molecule has 1 aliphatic rings. The molecule has 2 heterocycles. The number of halogens is 3. The van der Waals surface area contributed by atoms with E-state index < -0.39 is 23.3 Å². The maximum atomic E-state index is 12.7. The molecule has 1 fully saturated rings. The number of hydrogen-bond acceptors (Lipinski definition) is 3. The van der Waals surface area contributed by atoms with Crippen molar-refractivity contribution >= 4 is 5.97 Å². The highest BCUT2D eigenvalue weighted by atomic mass is 19.4. The van der Waals surface area contributed by atoms with Crippen molar-refractivity contribution in [3.63, 3.8) is 0 Å². The second-order valence-electron chi connectivity index (χ2n) is 4.58. The lowest BCUT2D eigenvalue weighted by Crippen LogP contribution is -2.38. The molecule has 0 unspecified atom stereocenters. The summed E-state index contributed by atoms with van der Waals surface area (Å²) in [4.78, 5) is 12.9. The van der Waals surface area contributed by atoms with Gasteiger partial charge in [0.15, 0.2) is 0 Å². The van der Waals surface area contributed by atoms with Crippen LogP contribution in [0.5, 0.6) is 0 Å². The molecule has 2 rings (SSSR count). The van der Waals surface area contributed by atoms with Crippen molar-refractivity contribution in [3.8, 4) is 0 Å². The maximum Gasteiger partial charge on any atom is 0.418 e. The van der Waals surface area contributed by atoms with Crippen LogP contribution in [0.15, 0.2) is 12.4 Å². The summed E-state index contributed by atoms with van der Waals surface area (Å²) in [5, 5.41) is 8.82. The van der Waals surface area contributed by atoms with Crippen LogP contribution in [0.1, 0.15) is 15.9 Å². The highest BCUT2D eigenvalue weighted by Gasteiger charge is 2.36. The highest BCUT2D eigenvalue weighted by molar-refractivity contribution is 5.89. The quantitative estimate of drug-likeness (QED) is 0.914. The third-order valence-electron chi connectivity index (χ3n) is 3.19. The molecule has 20 heavy (non-hydrogen) atoms. The Balaban J connectivity index is 2.06. The van der Waals surface area contributed by atoms with Gasteiger partial charge in [-0.2, -0.15) is 13.2 Å². The van der Waals surface area contributed by atoms with E-state index >= 15 is 0 Å². The number of carbonyl (C=O) groups is 1. The van der Waals surface area contributed by atoms with Gasteiger partial charge in [-0.3, -0.25) is 4.90 Å². The fourth-order valence-electron chi connectivity index (χ4n) is 2.12. The molecule has 1 aromatic rings. The lowest BCUT2D eigenvalue weighted by atomic mass is 10.2. The van der Waals surface area contributed by atoms with Crippen LogP contribution in [0.4, 0.5) is 13.2 Å². The van der Waals surface area contributed by atoms with Crippen LogP contribution in [0.2, 0.25) is 0 Å². The Kier molecular flexibility index (Phi) is 4.34. The van der Waals surface area contributed by atoms with E-state index in [2.05, 4.69) is 4.90 Å². The van der Waals surface area contributed by atoms with Crippen molar-refractivity contribution in [2.75, 3.05) is 32.8 Å². The number of nitrogens with zero attached hydrogens (tertiary/aromatic N) is 2. The van der Waals surface area contributed by atoms with E-state index in [1.54, 1.807) is 0 Å². The average Bonchev–Trinajstić information content (AvgIpc) is 2.82. The van der Waals surface area contributed by atoms with Gasteiger partial charge in [0.2, 0.25) is 0 Å². The summed E-state index contributed by atoms with van der Waals surface area (Å²) in [6, 6.07) is 0. The Hall–Kier alpha value is -1.54. The number of rotatable bonds is 4. The topological polar surface area (TPSA) is 54.7 Å². The molecule has 0 aliphatic carbocycles. The number of carboxylic acids is 1. The third kappa shape index (κ3) is 3.51. The molecule has 0 amide bonds. The Morgan fingerprint density at radius 2 is 1.90 bits per heavy atom. The fourth-order valence-corrected chi connectivity index (χ4v) is 2.12. The van der Waals surface area contributed by atoms with Crippen LogP contribution in [-0.4, -0.2) is 53.4 Å². The van der Waals surface area contributed by atoms with E-state index in [-0.39, 0.29) is 0 Å². The molecule has 0 saturated carbocycles. The summed E-state index contributed by atoms with van der Waals surface area (Å²) in [5.41, 5.74) is -1.81. The van der Waals surface area contributed by atoms with E-state index in [0.717, 1.165) is 25.5 Å². The normalized spacial score (nSPS) is 17.4. The van der Waals surface area contributed by atoms with Gasteiger partial charge in [0.05, 0.1) is 24.3 Å². The van der Waals surface area contributed by atoms with Gasteiger partial charge in [-0.25, -0.2) is 4.79 Å². The van der Waals surface area contributed by atoms with Gasteiger partial charge in [-0.1, -0.05) is 0 Å². The smallest absolute Gasteiger partial charge is 0.418 e. The highest BCUT2D eigenvalue weighted by Crippen LogP contribution is 2.32. The Morgan fingerprint density at radius 1 is 1.25 bits per heavy atom. The lowest BCUT2D eigenvalue weighted by Gasteiger charge is -2.26.